The normalized spacial score (nSPS) is 12.1. The van der Waals surface area contributed by atoms with Gasteiger partial charge in [0.05, 0.1) is 0 Å². The zero-order chi connectivity index (χ0) is 10.6. The van der Waals surface area contributed by atoms with Crippen LogP contribution in [0.5, 0.6) is 5.75 Å². The summed E-state index contributed by atoms with van der Waals surface area (Å²) in [5.74, 6) is -0.978. The van der Waals surface area contributed by atoms with E-state index in [9.17, 15) is 9.18 Å². The van der Waals surface area contributed by atoms with E-state index in [1.165, 1.54) is 0 Å². The van der Waals surface area contributed by atoms with Crippen molar-refractivity contribution in [1.82, 2.24) is 0 Å². The van der Waals surface area contributed by atoms with Gasteiger partial charge in [0.1, 0.15) is 12.4 Å². The minimum Gasteiger partial charge on any atom is -0.478 e. The first-order valence-electron chi connectivity index (χ1n) is 3.84. The fourth-order valence-electron chi connectivity index (χ4n) is 0.825. The smallest absolute Gasteiger partial charge is 0.347 e. The molecule has 0 saturated heterocycles. The second-order valence-electron chi connectivity index (χ2n) is 2.55. The molecule has 3 nitrogen and oxygen atoms in total. The molecular weight excluding hydrogens is 255 g/mol. The Hall–Kier alpha value is -1.10. The second kappa shape index (κ2) is 4.95. The van der Waals surface area contributed by atoms with Gasteiger partial charge in [0.15, 0.2) is 0 Å². The van der Waals surface area contributed by atoms with E-state index in [-0.39, 0.29) is 0 Å². The predicted molar refractivity (Wildman–Crippen MR) is 52.2 cm³/mol. The lowest BCUT2D eigenvalue weighted by Crippen LogP contribution is -2.28. The van der Waals surface area contributed by atoms with E-state index in [1.54, 1.807) is 24.3 Å². The van der Waals surface area contributed by atoms with E-state index in [0.717, 1.165) is 4.47 Å². The Morgan fingerprint density at radius 2 is 2.07 bits per heavy atom. The van der Waals surface area contributed by atoms with Crippen molar-refractivity contribution < 1.29 is 19.0 Å². The molecule has 0 aromatic heterocycles. The molecule has 0 fully saturated rings. The van der Waals surface area contributed by atoms with Crippen LogP contribution in [0, 0.1) is 0 Å². The predicted octanol–water partition coefficient (Wildman–Crippen LogP) is 2.25. The number of benzene rings is 1. The number of carboxylic acids is 1. The van der Waals surface area contributed by atoms with Crippen molar-refractivity contribution in [2.75, 3.05) is 6.67 Å². The standard InChI is InChI=1S/C9H8BrFO3/c10-6-1-3-7(4-2-6)14-8(5-11)9(12)13/h1-4,8H,5H2,(H,12,13)/t8-/m1/s1. The third kappa shape index (κ3) is 2.99. The summed E-state index contributed by atoms with van der Waals surface area (Å²) in [7, 11) is 0. The minimum atomic E-state index is -1.43. The van der Waals surface area contributed by atoms with E-state index >= 15 is 0 Å². The molecule has 1 aromatic carbocycles. The Morgan fingerprint density at radius 1 is 1.50 bits per heavy atom. The molecule has 76 valence electrons. The van der Waals surface area contributed by atoms with Crippen molar-refractivity contribution in [1.29, 1.82) is 0 Å². The highest BCUT2D eigenvalue weighted by molar-refractivity contribution is 9.10. The highest BCUT2D eigenvalue weighted by Gasteiger charge is 2.18. The summed E-state index contributed by atoms with van der Waals surface area (Å²) in [6.45, 7) is -1.05. The molecular formula is C9H8BrFO3. The summed E-state index contributed by atoms with van der Waals surface area (Å²) in [4.78, 5) is 10.4. The average molecular weight is 263 g/mol. The average Bonchev–Trinajstić information content (AvgIpc) is 2.16. The highest BCUT2D eigenvalue weighted by atomic mass is 79.9. The van der Waals surface area contributed by atoms with Crippen molar-refractivity contribution in [2.24, 2.45) is 0 Å². The van der Waals surface area contributed by atoms with Gasteiger partial charge in [0, 0.05) is 4.47 Å². The van der Waals surface area contributed by atoms with E-state index in [1.807, 2.05) is 0 Å². The third-order valence-corrected chi connectivity index (χ3v) is 2.04. The van der Waals surface area contributed by atoms with Gasteiger partial charge in [0.25, 0.3) is 0 Å². The lowest BCUT2D eigenvalue weighted by atomic mass is 10.3. The molecule has 1 rings (SSSR count). The van der Waals surface area contributed by atoms with Gasteiger partial charge in [-0.05, 0) is 24.3 Å². The number of halogens is 2. The largest absolute Gasteiger partial charge is 0.478 e. The molecule has 14 heavy (non-hydrogen) atoms. The van der Waals surface area contributed by atoms with Gasteiger partial charge < -0.3 is 9.84 Å². The molecule has 0 aliphatic rings. The van der Waals surface area contributed by atoms with Crippen LogP contribution in [0.2, 0.25) is 0 Å². The van der Waals surface area contributed by atoms with E-state index in [0.29, 0.717) is 5.75 Å². The quantitative estimate of drug-likeness (QED) is 0.906. The van der Waals surface area contributed by atoms with Gasteiger partial charge in [0.2, 0.25) is 6.10 Å². The summed E-state index contributed by atoms with van der Waals surface area (Å²) >= 11 is 3.21. The first kappa shape index (κ1) is 11.0. The van der Waals surface area contributed by atoms with Crippen molar-refractivity contribution in [3.63, 3.8) is 0 Å². The molecule has 0 saturated carbocycles. The summed E-state index contributed by atoms with van der Waals surface area (Å²) in [6.07, 6.45) is -1.43. The Balaban J connectivity index is 2.67. The number of rotatable bonds is 4. The molecule has 1 N–H and O–H groups in total. The molecule has 1 atom stereocenters. The zero-order valence-corrected chi connectivity index (χ0v) is 8.70. The van der Waals surface area contributed by atoms with Crippen LogP contribution in [0.4, 0.5) is 4.39 Å². The Morgan fingerprint density at radius 3 is 2.50 bits per heavy atom. The van der Waals surface area contributed by atoms with E-state index in [2.05, 4.69) is 15.9 Å². The summed E-state index contributed by atoms with van der Waals surface area (Å²) in [6, 6.07) is 6.50. The van der Waals surface area contributed by atoms with E-state index in [4.69, 9.17) is 9.84 Å². The Bertz CT molecular complexity index is 312. The maximum atomic E-state index is 12.2. The van der Waals surface area contributed by atoms with Crippen LogP contribution in [0.15, 0.2) is 28.7 Å². The van der Waals surface area contributed by atoms with Gasteiger partial charge in [-0.25, -0.2) is 9.18 Å². The van der Waals surface area contributed by atoms with Gasteiger partial charge >= 0.3 is 5.97 Å². The lowest BCUT2D eigenvalue weighted by Gasteiger charge is -2.11. The third-order valence-electron chi connectivity index (χ3n) is 1.51. The molecule has 0 spiro atoms. The van der Waals surface area contributed by atoms with E-state index < -0.39 is 18.7 Å². The fraction of sp³-hybridized carbons (Fsp3) is 0.222. The van der Waals surface area contributed by atoms with Crippen molar-refractivity contribution in [3.05, 3.63) is 28.7 Å². The monoisotopic (exact) mass is 262 g/mol. The fourth-order valence-corrected chi connectivity index (χ4v) is 1.09. The zero-order valence-electron chi connectivity index (χ0n) is 7.11. The lowest BCUT2D eigenvalue weighted by molar-refractivity contribution is -0.145. The summed E-state index contributed by atoms with van der Waals surface area (Å²) in [5, 5.41) is 8.51. The van der Waals surface area contributed by atoms with Crippen molar-refractivity contribution in [2.45, 2.75) is 6.10 Å². The number of aliphatic carboxylic acids is 1. The topological polar surface area (TPSA) is 46.5 Å². The van der Waals surface area contributed by atoms with Crippen LogP contribution in [0.1, 0.15) is 0 Å². The maximum absolute atomic E-state index is 12.2. The van der Waals surface area contributed by atoms with Crippen LogP contribution >= 0.6 is 15.9 Å². The van der Waals surface area contributed by atoms with Crippen LogP contribution in [0.3, 0.4) is 0 Å². The Kier molecular flexibility index (Phi) is 3.88. The highest BCUT2D eigenvalue weighted by Crippen LogP contribution is 2.17. The molecule has 0 radical (unpaired) electrons. The van der Waals surface area contributed by atoms with Crippen LogP contribution in [-0.2, 0) is 4.79 Å². The number of carboxylic acid groups (broad SMARTS) is 1. The SMILES string of the molecule is O=C(O)[C@@H](CF)Oc1ccc(Br)cc1. The van der Waals surface area contributed by atoms with Crippen LogP contribution in [-0.4, -0.2) is 23.9 Å². The van der Waals surface area contributed by atoms with Gasteiger partial charge in [-0.2, -0.15) is 0 Å². The molecule has 0 amide bonds. The summed E-state index contributed by atoms with van der Waals surface area (Å²) in [5.41, 5.74) is 0. The molecule has 0 bridgehead atoms. The number of hydrogen-bond donors (Lipinski definition) is 1. The maximum Gasteiger partial charge on any atom is 0.347 e. The number of carbonyl (C=O) groups is 1. The molecule has 0 aliphatic carbocycles. The molecule has 0 unspecified atom stereocenters. The summed E-state index contributed by atoms with van der Waals surface area (Å²) < 4.78 is 17.9. The number of hydrogen-bond acceptors (Lipinski definition) is 2. The second-order valence-corrected chi connectivity index (χ2v) is 3.47. The van der Waals surface area contributed by atoms with Gasteiger partial charge in [-0.3, -0.25) is 0 Å². The molecule has 0 aliphatic heterocycles. The van der Waals surface area contributed by atoms with Crippen molar-refractivity contribution >= 4 is 21.9 Å². The van der Waals surface area contributed by atoms with Crippen LogP contribution in [0.25, 0.3) is 0 Å². The minimum absolute atomic E-state index is 0.332. The van der Waals surface area contributed by atoms with Crippen LogP contribution < -0.4 is 4.74 Å². The Labute approximate surface area is 88.6 Å². The number of ether oxygens (including phenoxy) is 1. The van der Waals surface area contributed by atoms with Crippen molar-refractivity contribution in [3.8, 4) is 5.75 Å². The molecule has 5 heteroatoms. The molecule has 1 aromatic rings. The first-order valence-corrected chi connectivity index (χ1v) is 4.64. The van der Waals surface area contributed by atoms with Gasteiger partial charge in [-0.15, -0.1) is 0 Å². The first-order chi connectivity index (χ1) is 6.63. The molecule has 0 heterocycles. The number of alkyl halides is 1. The van der Waals surface area contributed by atoms with Gasteiger partial charge in [-0.1, -0.05) is 15.9 Å².